The second kappa shape index (κ2) is 5.92. The Morgan fingerprint density at radius 1 is 1.15 bits per heavy atom. The third-order valence-electron chi connectivity index (χ3n) is 4.45. The lowest BCUT2D eigenvalue weighted by Crippen LogP contribution is -2.56. The van der Waals surface area contributed by atoms with Crippen molar-refractivity contribution in [2.75, 3.05) is 26.2 Å². The predicted octanol–water partition coefficient (Wildman–Crippen LogP) is 2.97. The van der Waals surface area contributed by atoms with Crippen molar-refractivity contribution in [2.24, 2.45) is 11.8 Å². The highest BCUT2D eigenvalue weighted by atomic mass is 16.6. The molecular weight excluding hydrogens is 252 g/mol. The number of likely N-dealkylation sites (tertiary alicyclic amines) is 2. The smallest absolute Gasteiger partial charge is 0.410 e. The molecule has 20 heavy (non-hydrogen) atoms. The van der Waals surface area contributed by atoms with Gasteiger partial charge in [-0.05, 0) is 65.8 Å². The number of carbonyl (C=O) groups excluding carboxylic acids is 1. The fourth-order valence-electron chi connectivity index (χ4n) is 3.18. The highest BCUT2D eigenvalue weighted by Crippen LogP contribution is 2.32. The largest absolute Gasteiger partial charge is 0.444 e. The molecule has 2 heterocycles. The molecule has 116 valence electrons. The standard InChI is InChI=1S/C16H30N2O2/c1-12(2)17-8-6-7-13(9-17)14-10-18(11-14)15(19)20-16(3,4)5/h12-14H,6-11H2,1-5H3. The summed E-state index contributed by atoms with van der Waals surface area (Å²) in [7, 11) is 0. The molecule has 2 saturated heterocycles. The van der Waals surface area contributed by atoms with E-state index in [4.69, 9.17) is 4.74 Å². The summed E-state index contributed by atoms with van der Waals surface area (Å²) in [6, 6.07) is 0.639. The number of rotatable bonds is 2. The van der Waals surface area contributed by atoms with Crippen molar-refractivity contribution in [3.05, 3.63) is 0 Å². The fraction of sp³-hybridized carbons (Fsp3) is 0.938. The second-order valence-electron chi connectivity index (χ2n) is 7.64. The number of hydrogen-bond acceptors (Lipinski definition) is 3. The summed E-state index contributed by atoms with van der Waals surface area (Å²) in [6.07, 6.45) is 2.47. The van der Waals surface area contributed by atoms with Crippen LogP contribution in [0.5, 0.6) is 0 Å². The topological polar surface area (TPSA) is 32.8 Å². The van der Waals surface area contributed by atoms with Crippen LogP contribution in [0, 0.1) is 11.8 Å². The Hall–Kier alpha value is -0.770. The lowest BCUT2D eigenvalue weighted by atomic mass is 9.80. The Labute approximate surface area is 123 Å². The van der Waals surface area contributed by atoms with Crippen LogP contribution in [0.25, 0.3) is 0 Å². The maximum Gasteiger partial charge on any atom is 0.410 e. The molecule has 1 atom stereocenters. The molecule has 2 aliphatic rings. The SMILES string of the molecule is CC(C)N1CCCC(C2CN(C(=O)OC(C)(C)C)C2)C1. The molecular formula is C16H30N2O2. The molecule has 2 rings (SSSR count). The molecule has 0 spiro atoms. The summed E-state index contributed by atoms with van der Waals surface area (Å²) >= 11 is 0. The Balaban J connectivity index is 1.77. The molecule has 2 fully saturated rings. The molecule has 0 aromatic carbocycles. The lowest BCUT2D eigenvalue weighted by Gasteiger charge is -2.47. The summed E-state index contributed by atoms with van der Waals surface area (Å²) in [6.45, 7) is 14.5. The van der Waals surface area contributed by atoms with E-state index in [0.717, 1.165) is 19.0 Å². The van der Waals surface area contributed by atoms with Crippen molar-refractivity contribution in [3.63, 3.8) is 0 Å². The Morgan fingerprint density at radius 3 is 2.35 bits per heavy atom. The highest BCUT2D eigenvalue weighted by molar-refractivity contribution is 5.69. The minimum atomic E-state index is -0.387. The van der Waals surface area contributed by atoms with Gasteiger partial charge in [-0.2, -0.15) is 0 Å². The van der Waals surface area contributed by atoms with E-state index in [1.54, 1.807) is 0 Å². The van der Waals surface area contributed by atoms with Crippen molar-refractivity contribution in [1.29, 1.82) is 0 Å². The Bertz CT molecular complexity index is 343. The number of piperidine rings is 1. The molecule has 1 amide bonds. The van der Waals surface area contributed by atoms with Crippen molar-refractivity contribution in [1.82, 2.24) is 9.80 Å². The molecule has 0 aromatic heterocycles. The Kier molecular flexibility index (Phi) is 4.62. The van der Waals surface area contributed by atoms with E-state index in [2.05, 4.69) is 18.7 Å². The third-order valence-corrected chi connectivity index (χ3v) is 4.45. The molecule has 2 aliphatic heterocycles. The van der Waals surface area contributed by atoms with Crippen LogP contribution in [-0.2, 0) is 4.74 Å². The van der Waals surface area contributed by atoms with E-state index in [0.29, 0.717) is 12.0 Å². The molecule has 0 aromatic rings. The first-order valence-electron chi connectivity index (χ1n) is 7.98. The Morgan fingerprint density at radius 2 is 1.80 bits per heavy atom. The van der Waals surface area contributed by atoms with Crippen LogP contribution in [0.15, 0.2) is 0 Å². The van der Waals surface area contributed by atoms with E-state index in [1.165, 1.54) is 25.9 Å². The first-order valence-corrected chi connectivity index (χ1v) is 7.98. The summed E-state index contributed by atoms with van der Waals surface area (Å²) in [5, 5.41) is 0. The zero-order valence-electron chi connectivity index (χ0n) is 13.7. The highest BCUT2D eigenvalue weighted by Gasteiger charge is 2.39. The molecule has 1 unspecified atom stereocenters. The maximum atomic E-state index is 11.9. The van der Waals surface area contributed by atoms with E-state index >= 15 is 0 Å². The molecule has 0 N–H and O–H groups in total. The number of ether oxygens (including phenoxy) is 1. The summed E-state index contributed by atoms with van der Waals surface area (Å²) in [4.78, 5) is 16.4. The van der Waals surface area contributed by atoms with E-state index in [1.807, 2.05) is 25.7 Å². The second-order valence-corrected chi connectivity index (χ2v) is 7.64. The van der Waals surface area contributed by atoms with Crippen molar-refractivity contribution >= 4 is 6.09 Å². The third kappa shape index (κ3) is 3.87. The lowest BCUT2D eigenvalue weighted by molar-refractivity contribution is -0.0216. The number of nitrogens with zero attached hydrogens (tertiary/aromatic N) is 2. The van der Waals surface area contributed by atoms with Crippen LogP contribution in [-0.4, -0.2) is 53.7 Å². The van der Waals surface area contributed by atoms with Crippen molar-refractivity contribution in [3.8, 4) is 0 Å². The summed E-state index contributed by atoms with van der Waals surface area (Å²) in [5.74, 6) is 1.42. The van der Waals surface area contributed by atoms with Gasteiger partial charge >= 0.3 is 6.09 Å². The molecule has 4 heteroatoms. The number of amides is 1. The van der Waals surface area contributed by atoms with E-state index in [9.17, 15) is 4.79 Å². The van der Waals surface area contributed by atoms with Crippen LogP contribution in [0.1, 0.15) is 47.5 Å². The van der Waals surface area contributed by atoms with Gasteiger partial charge in [0.15, 0.2) is 0 Å². The zero-order valence-corrected chi connectivity index (χ0v) is 13.7. The first-order chi connectivity index (χ1) is 9.26. The number of hydrogen-bond donors (Lipinski definition) is 0. The monoisotopic (exact) mass is 282 g/mol. The van der Waals surface area contributed by atoms with Crippen LogP contribution in [0.3, 0.4) is 0 Å². The minimum Gasteiger partial charge on any atom is -0.444 e. The van der Waals surface area contributed by atoms with E-state index < -0.39 is 0 Å². The molecule has 0 aliphatic carbocycles. The van der Waals surface area contributed by atoms with Gasteiger partial charge < -0.3 is 14.5 Å². The molecule has 0 saturated carbocycles. The van der Waals surface area contributed by atoms with Crippen LogP contribution < -0.4 is 0 Å². The average molecular weight is 282 g/mol. The quantitative estimate of drug-likeness (QED) is 0.780. The summed E-state index contributed by atoms with van der Waals surface area (Å²) in [5.41, 5.74) is -0.387. The maximum absolute atomic E-state index is 11.9. The summed E-state index contributed by atoms with van der Waals surface area (Å²) < 4.78 is 5.41. The van der Waals surface area contributed by atoms with Gasteiger partial charge in [0.2, 0.25) is 0 Å². The van der Waals surface area contributed by atoms with E-state index in [-0.39, 0.29) is 11.7 Å². The van der Waals surface area contributed by atoms with Gasteiger partial charge in [-0.25, -0.2) is 4.79 Å². The van der Waals surface area contributed by atoms with Crippen molar-refractivity contribution < 1.29 is 9.53 Å². The predicted molar refractivity (Wildman–Crippen MR) is 80.7 cm³/mol. The van der Waals surface area contributed by atoms with Gasteiger partial charge in [0.1, 0.15) is 5.60 Å². The van der Waals surface area contributed by atoms with Gasteiger partial charge in [-0.3, -0.25) is 0 Å². The minimum absolute atomic E-state index is 0.148. The van der Waals surface area contributed by atoms with Crippen molar-refractivity contribution in [2.45, 2.75) is 59.1 Å². The van der Waals surface area contributed by atoms with Gasteiger partial charge in [0.05, 0.1) is 0 Å². The first kappa shape index (κ1) is 15.6. The van der Waals surface area contributed by atoms with Gasteiger partial charge in [-0.1, -0.05) is 0 Å². The van der Waals surface area contributed by atoms with Crippen LogP contribution in [0.4, 0.5) is 4.79 Å². The molecule has 0 radical (unpaired) electrons. The van der Waals surface area contributed by atoms with Gasteiger partial charge in [0.25, 0.3) is 0 Å². The fourth-order valence-corrected chi connectivity index (χ4v) is 3.18. The van der Waals surface area contributed by atoms with Gasteiger partial charge in [-0.15, -0.1) is 0 Å². The number of carbonyl (C=O) groups is 1. The average Bonchev–Trinajstić information content (AvgIpc) is 2.24. The van der Waals surface area contributed by atoms with Crippen LogP contribution >= 0.6 is 0 Å². The molecule has 0 bridgehead atoms. The normalized spacial score (nSPS) is 25.7. The van der Waals surface area contributed by atoms with Crippen LogP contribution in [0.2, 0.25) is 0 Å². The molecule has 4 nitrogen and oxygen atoms in total. The zero-order chi connectivity index (χ0) is 14.9. The van der Waals surface area contributed by atoms with Gasteiger partial charge in [0, 0.05) is 25.7 Å².